The number of nitro benzene ring substituents is 1. The Labute approximate surface area is 156 Å². The number of nitro groups is 1. The highest BCUT2D eigenvalue weighted by atomic mass is 32.2. The van der Waals surface area contributed by atoms with Crippen LogP contribution in [-0.2, 0) is 14.8 Å². The molecule has 144 valence electrons. The van der Waals surface area contributed by atoms with Gasteiger partial charge in [-0.15, -0.1) is 0 Å². The molecule has 0 radical (unpaired) electrons. The van der Waals surface area contributed by atoms with E-state index in [2.05, 4.69) is 5.32 Å². The Morgan fingerprint density at radius 3 is 2.37 bits per heavy atom. The van der Waals surface area contributed by atoms with E-state index in [0.717, 1.165) is 16.6 Å². The maximum Gasteiger partial charge on any atom is 0.271 e. The smallest absolute Gasteiger partial charge is 0.271 e. The number of benzene rings is 2. The molecule has 0 unspecified atom stereocenters. The standard InChI is InChI=1S/C17H19N3O6S/c1-12(17(21)18-13-7-9-16(26-2)10-8-13)19(27(3,24)25)14-5-4-6-15(11-14)20(22)23/h4-12H,1-3H3,(H,18,21)/t12-/m1/s1. The van der Waals surface area contributed by atoms with Crippen LogP contribution in [0.15, 0.2) is 48.5 Å². The van der Waals surface area contributed by atoms with Crippen LogP contribution in [0.5, 0.6) is 5.75 Å². The van der Waals surface area contributed by atoms with Gasteiger partial charge in [-0.25, -0.2) is 8.42 Å². The van der Waals surface area contributed by atoms with Crippen molar-refractivity contribution < 1.29 is 22.9 Å². The summed E-state index contributed by atoms with van der Waals surface area (Å²) in [5.41, 5.74) is 0.216. The van der Waals surface area contributed by atoms with E-state index in [1.807, 2.05) is 0 Å². The lowest BCUT2D eigenvalue weighted by atomic mass is 10.2. The highest BCUT2D eigenvalue weighted by molar-refractivity contribution is 7.92. The monoisotopic (exact) mass is 393 g/mol. The molecule has 1 amide bonds. The van der Waals surface area contributed by atoms with Crippen LogP contribution in [0, 0.1) is 10.1 Å². The molecule has 0 fully saturated rings. The second kappa shape index (κ2) is 8.04. The van der Waals surface area contributed by atoms with E-state index in [9.17, 15) is 23.3 Å². The van der Waals surface area contributed by atoms with Gasteiger partial charge in [0.15, 0.2) is 0 Å². The average Bonchev–Trinajstić information content (AvgIpc) is 2.61. The fourth-order valence-electron chi connectivity index (χ4n) is 2.47. The van der Waals surface area contributed by atoms with Crippen molar-refractivity contribution in [3.8, 4) is 5.75 Å². The molecule has 0 saturated carbocycles. The van der Waals surface area contributed by atoms with E-state index < -0.39 is 26.9 Å². The number of methoxy groups -OCH3 is 1. The summed E-state index contributed by atoms with van der Waals surface area (Å²) < 4.78 is 30.4. The lowest BCUT2D eigenvalue weighted by Crippen LogP contribution is -2.45. The number of sulfonamides is 1. The number of hydrogen-bond donors (Lipinski definition) is 1. The van der Waals surface area contributed by atoms with Gasteiger partial charge in [0, 0.05) is 17.8 Å². The van der Waals surface area contributed by atoms with E-state index in [0.29, 0.717) is 11.4 Å². The summed E-state index contributed by atoms with van der Waals surface area (Å²) in [5, 5.41) is 13.6. The first kappa shape index (κ1) is 20.2. The van der Waals surface area contributed by atoms with Crippen LogP contribution in [0.4, 0.5) is 17.1 Å². The predicted octanol–water partition coefficient (Wildman–Crippen LogP) is 2.40. The first-order chi connectivity index (χ1) is 12.6. The summed E-state index contributed by atoms with van der Waals surface area (Å²) >= 11 is 0. The maximum absolute atomic E-state index is 12.6. The zero-order chi connectivity index (χ0) is 20.2. The van der Waals surface area contributed by atoms with E-state index in [4.69, 9.17) is 4.74 Å². The average molecular weight is 393 g/mol. The molecule has 0 saturated heterocycles. The number of hydrogen-bond acceptors (Lipinski definition) is 6. The summed E-state index contributed by atoms with van der Waals surface area (Å²) in [6.45, 7) is 1.40. The molecule has 2 aromatic rings. The van der Waals surface area contributed by atoms with E-state index >= 15 is 0 Å². The molecule has 0 aromatic heterocycles. The number of carbonyl (C=O) groups excluding carboxylic acids is 1. The first-order valence-corrected chi connectivity index (χ1v) is 9.67. The molecular formula is C17H19N3O6S. The summed E-state index contributed by atoms with van der Waals surface area (Å²) in [4.78, 5) is 22.9. The summed E-state index contributed by atoms with van der Waals surface area (Å²) in [5.74, 6) is 0.0208. The zero-order valence-electron chi connectivity index (χ0n) is 14.9. The summed E-state index contributed by atoms with van der Waals surface area (Å²) in [6.07, 6.45) is 0.934. The lowest BCUT2D eigenvalue weighted by molar-refractivity contribution is -0.384. The van der Waals surface area contributed by atoms with Crippen molar-refractivity contribution in [1.29, 1.82) is 0 Å². The Balaban J connectivity index is 2.31. The van der Waals surface area contributed by atoms with E-state index in [1.165, 1.54) is 32.2 Å². The van der Waals surface area contributed by atoms with Gasteiger partial charge in [-0.05, 0) is 37.3 Å². The SMILES string of the molecule is COc1ccc(NC(=O)[C@@H](C)N(c2cccc([N+](=O)[O-])c2)S(C)(=O)=O)cc1. The molecular weight excluding hydrogens is 374 g/mol. The van der Waals surface area contributed by atoms with Gasteiger partial charge in [-0.3, -0.25) is 19.2 Å². The van der Waals surface area contributed by atoms with Crippen LogP contribution in [0.3, 0.4) is 0 Å². The van der Waals surface area contributed by atoms with Crippen molar-refractivity contribution >= 4 is 33.0 Å². The molecule has 9 nitrogen and oxygen atoms in total. The Morgan fingerprint density at radius 2 is 1.85 bits per heavy atom. The fourth-order valence-corrected chi connectivity index (χ4v) is 3.64. The third-order valence-electron chi connectivity index (χ3n) is 3.74. The van der Waals surface area contributed by atoms with Crippen LogP contribution in [0.1, 0.15) is 6.92 Å². The number of amides is 1. The fraction of sp³-hybridized carbons (Fsp3) is 0.235. The second-order valence-corrected chi connectivity index (χ2v) is 7.59. The van der Waals surface area contributed by atoms with Gasteiger partial charge in [0.05, 0.1) is 24.0 Å². The number of nitrogens with zero attached hydrogens (tertiary/aromatic N) is 2. The number of rotatable bonds is 7. The van der Waals surface area contributed by atoms with Crippen LogP contribution in [0.2, 0.25) is 0 Å². The van der Waals surface area contributed by atoms with Crippen molar-refractivity contribution in [1.82, 2.24) is 0 Å². The summed E-state index contributed by atoms with van der Waals surface area (Å²) in [6, 6.07) is 10.5. The third kappa shape index (κ3) is 4.94. The second-order valence-electron chi connectivity index (χ2n) is 5.73. The van der Waals surface area contributed by atoms with Crippen molar-refractivity contribution in [3.05, 3.63) is 58.6 Å². The topological polar surface area (TPSA) is 119 Å². The molecule has 2 rings (SSSR count). The minimum absolute atomic E-state index is 0.0316. The number of nitrogens with one attached hydrogen (secondary N) is 1. The molecule has 10 heteroatoms. The largest absolute Gasteiger partial charge is 0.497 e. The Bertz CT molecular complexity index is 943. The van der Waals surface area contributed by atoms with Gasteiger partial charge >= 0.3 is 0 Å². The van der Waals surface area contributed by atoms with E-state index in [1.54, 1.807) is 24.3 Å². The van der Waals surface area contributed by atoms with Gasteiger partial charge in [-0.1, -0.05) is 6.07 Å². The molecule has 0 aliphatic heterocycles. The molecule has 0 heterocycles. The van der Waals surface area contributed by atoms with Crippen LogP contribution in [-0.4, -0.2) is 38.7 Å². The third-order valence-corrected chi connectivity index (χ3v) is 4.98. The predicted molar refractivity (Wildman–Crippen MR) is 102 cm³/mol. The minimum atomic E-state index is -3.88. The Hall–Kier alpha value is -3.14. The number of non-ortho nitro benzene ring substituents is 1. The Kier molecular flexibility index (Phi) is 6.01. The number of ether oxygens (including phenoxy) is 1. The van der Waals surface area contributed by atoms with Crippen LogP contribution < -0.4 is 14.4 Å². The molecule has 1 atom stereocenters. The van der Waals surface area contributed by atoms with Gasteiger partial charge in [0.2, 0.25) is 15.9 Å². The van der Waals surface area contributed by atoms with Gasteiger partial charge < -0.3 is 10.1 Å². The zero-order valence-corrected chi connectivity index (χ0v) is 15.8. The Morgan fingerprint density at radius 1 is 1.22 bits per heavy atom. The molecule has 27 heavy (non-hydrogen) atoms. The van der Waals surface area contributed by atoms with Gasteiger partial charge in [0.1, 0.15) is 11.8 Å². The number of carbonyl (C=O) groups is 1. The molecule has 0 aliphatic carbocycles. The van der Waals surface area contributed by atoms with Crippen LogP contribution in [0.25, 0.3) is 0 Å². The van der Waals surface area contributed by atoms with Gasteiger partial charge in [0.25, 0.3) is 5.69 Å². The van der Waals surface area contributed by atoms with Crippen molar-refractivity contribution in [2.75, 3.05) is 23.0 Å². The van der Waals surface area contributed by atoms with Gasteiger partial charge in [-0.2, -0.15) is 0 Å². The molecule has 0 bridgehead atoms. The van der Waals surface area contributed by atoms with Crippen molar-refractivity contribution in [3.63, 3.8) is 0 Å². The number of anilines is 2. The van der Waals surface area contributed by atoms with Crippen LogP contribution >= 0.6 is 0 Å². The molecule has 1 N–H and O–H groups in total. The van der Waals surface area contributed by atoms with Crippen molar-refractivity contribution in [2.24, 2.45) is 0 Å². The van der Waals surface area contributed by atoms with Crippen molar-refractivity contribution in [2.45, 2.75) is 13.0 Å². The lowest BCUT2D eigenvalue weighted by Gasteiger charge is -2.28. The minimum Gasteiger partial charge on any atom is -0.497 e. The molecule has 0 aliphatic rings. The molecule has 0 spiro atoms. The van der Waals surface area contributed by atoms with E-state index in [-0.39, 0.29) is 11.4 Å². The summed E-state index contributed by atoms with van der Waals surface area (Å²) in [7, 11) is -2.37. The molecule has 2 aromatic carbocycles. The quantitative estimate of drug-likeness (QED) is 0.570. The highest BCUT2D eigenvalue weighted by Gasteiger charge is 2.30. The maximum atomic E-state index is 12.6. The highest BCUT2D eigenvalue weighted by Crippen LogP contribution is 2.26. The normalized spacial score (nSPS) is 12.1. The first-order valence-electron chi connectivity index (χ1n) is 7.82.